The van der Waals surface area contributed by atoms with Gasteiger partial charge in [0.05, 0.1) is 6.61 Å². The maximum Gasteiger partial charge on any atom is 0.138 e. The number of rotatable bonds is 1. The summed E-state index contributed by atoms with van der Waals surface area (Å²) >= 11 is 0. The van der Waals surface area contributed by atoms with Gasteiger partial charge in [-0.1, -0.05) is 6.92 Å². The van der Waals surface area contributed by atoms with E-state index in [0.717, 1.165) is 38.5 Å². The van der Waals surface area contributed by atoms with Gasteiger partial charge in [0.25, 0.3) is 0 Å². The number of fused-ring (bicyclic) bond motifs is 1. The van der Waals surface area contributed by atoms with Crippen LogP contribution in [0.2, 0.25) is 0 Å². The molecule has 1 saturated heterocycles. The summed E-state index contributed by atoms with van der Waals surface area (Å²) < 4.78 is 7.87. The van der Waals surface area contributed by atoms with Gasteiger partial charge in [-0.3, -0.25) is 0 Å². The Morgan fingerprint density at radius 2 is 2.25 bits per heavy atom. The van der Waals surface area contributed by atoms with Crippen molar-refractivity contribution in [2.75, 3.05) is 13.2 Å². The molecular formula is C12H19N3O. The van der Waals surface area contributed by atoms with Crippen molar-refractivity contribution in [2.24, 2.45) is 5.92 Å². The molecule has 0 saturated carbocycles. The van der Waals surface area contributed by atoms with Gasteiger partial charge in [-0.25, -0.2) is 0 Å². The summed E-state index contributed by atoms with van der Waals surface area (Å²) in [5, 5.41) is 8.73. The summed E-state index contributed by atoms with van der Waals surface area (Å²) in [5.41, 5.74) is 0. The number of nitrogens with zero attached hydrogens (tertiary/aromatic N) is 3. The van der Waals surface area contributed by atoms with Crippen molar-refractivity contribution in [2.45, 2.75) is 45.1 Å². The van der Waals surface area contributed by atoms with Gasteiger partial charge in [0, 0.05) is 25.5 Å². The summed E-state index contributed by atoms with van der Waals surface area (Å²) in [6.07, 6.45) is 4.70. The van der Waals surface area contributed by atoms with Crippen molar-refractivity contribution in [3.63, 3.8) is 0 Å². The topological polar surface area (TPSA) is 39.9 Å². The van der Waals surface area contributed by atoms with Crippen LogP contribution < -0.4 is 0 Å². The minimum Gasteiger partial charge on any atom is -0.381 e. The zero-order valence-corrected chi connectivity index (χ0v) is 9.85. The molecule has 0 aliphatic carbocycles. The first kappa shape index (κ1) is 10.3. The number of hydrogen-bond donors (Lipinski definition) is 0. The van der Waals surface area contributed by atoms with Crippen LogP contribution in [0.1, 0.15) is 43.8 Å². The van der Waals surface area contributed by atoms with Crippen LogP contribution in [-0.2, 0) is 17.7 Å². The van der Waals surface area contributed by atoms with Crippen LogP contribution in [0.25, 0.3) is 0 Å². The predicted molar refractivity (Wildman–Crippen MR) is 60.3 cm³/mol. The van der Waals surface area contributed by atoms with E-state index in [2.05, 4.69) is 21.7 Å². The Labute approximate surface area is 96.0 Å². The van der Waals surface area contributed by atoms with E-state index in [-0.39, 0.29) is 0 Å². The van der Waals surface area contributed by atoms with Crippen molar-refractivity contribution in [1.82, 2.24) is 14.8 Å². The Hall–Kier alpha value is -0.900. The van der Waals surface area contributed by atoms with E-state index in [1.54, 1.807) is 0 Å². The van der Waals surface area contributed by atoms with E-state index in [1.807, 2.05) is 0 Å². The molecule has 0 radical (unpaired) electrons. The average molecular weight is 221 g/mol. The van der Waals surface area contributed by atoms with Crippen molar-refractivity contribution in [3.8, 4) is 0 Å². The molecule has 3 heterocycles. The second-order valence-electron chi connectivity index (χ2n) is 5.14. The van der Waals surface area contributed by atoms with Gasteiger partial charge in [0.15, 0.2) is 0 Å². The first-order chi connectivity index (χ1) is 7.84. The molecule has 16 heavy (non-hydrogen) atoms. The van der Waals surface area contributed by atoms with E-state index in [4.69, 9.17) is 4.74 Å². The highest BCUT2D eigenvalue weighted by Gasteiger charge is 2.26. The van der Waals surface area contributed by atoms with Crippen LogP contribution in [0.4, 0.5) is 0 Å². The van der Waals surface area contributed by atoms with Gasteiger partial charge in [0.2, 0.25) is 0 Å². The minimum absolute atomic E-state index is 0.475. The molecule has 0 N–H and O–H groups in total. The fraction of sp³-hybridized carbons (Fsp3) is 0.833. The summed E-state index contributed by atoms with van der Waals surface area (Å²) in [6, 6.07) is 0. The van der Waals surface area contributed by atoms with E-state index >= 15 is 0 Å². The molecule has 0 bridgehead atoms. The summed E-state index contributed by atoms with van der Waals surface area (Å²) in [4.78, 5) is 0. The molecule has 88 valence electrons. The Balaban J connectivity index is 1.85. The lowest BCUT2D eigenvalue weighted by molar-refractivity contribution is 0.0766. The van der Waals surface area contributed by atoms with Crippen molar-refractivity contribution < 1.29 is 4.74 Å². The number of hydrogen-bond acceptors (Lipinski definition) is 3. The molecule has 1 fully saturated rings. The number of ether oxygens (including phenoxy) is 1. The third-order valence-electron chi connectivity index (χ3n) is 3.76. The Bertz CT molecular complexity index is 368. The molecular weight excluding hydrogens is 202 g/mol. The zero-order valence-electron chi connectivity index (χ0n) is 9.85. The molecule has 2 aliphatic rings. The predicted octanol–water partition coefficient (Wildman–Crippen LogP) is 1.75. The standard InChI is InChI=1S/C12H19N3O/c1-9-4-5-15-11(7-9)13-14-12(15)10-3-2-6-16-8-10/h9-10H,2-8H2,1H3. The van der Waals surface area contributed by atoms with Gasteiger partial charge >= 0.3 is 0 Å². The monoisotopic (exact) mass is 221 g/mol. The van der Waals surface area contributed by atoms with Crippen molar-refractivity contribution >= 4 is 0 Å². The van der Waals surface area contributed by atoms with E-state index < -0.39 is 0 Å². The van der Waals surface area contributed by atoms with Crippen LogP contribution >= 0.6 is 0 Å². The third kappa shape index (κ3) is 1.75. The zero-order chi connectivity index (χ0) is 11.0. The van der Waals surface area contributed by atoms with Gasteiger partial charge in [-0.05, 0) is 25.2 Å². The van der Waals surface area contributed by atoms with Crippen molar-refractivity contribution in [1.29, 1.82) is 0 Å². The molecule has 4 heteroatoms. The summed E-state index contributed by atoms with van der Waals surface area (Å²) in [5.74, 6) is 3.58. The van der Waals surface area contributed by atoms with Crippen LogP contribution in [0.5, 0.6) is 0 Å². The van der Waals surface area contributed by atoms with E-state index in [9.17, 15) is 0 Å². The molecule has 2 atom stereocenters. The average Bonchev–Trinajstić information content (AvgIpc) is 2.73. The molecule has 1 aromatic heterocycles. The van der Waals surface area contributed by atoms with Crippen LogP contribution in [0.3, 0.4) is 0 Å². The Morgan fingerprint density at radius 1 is 1.31 bits per heavy atom. The molecule has 2 aliphatic heterocycles. The lowest BCUT2D eigenvalue weighted by Crippen LogP contribution is -2.23. The van der Waals surface area contributed by atoms with Crippen LogP contribution in [0, 0.1) is 5.92 Å². The lowest BCUT2D eigenvalue weighted by atomic mass is 9.98. The van der Waals surface area contributed by atoms with E-state index in [0.29, 0.717) is 5.92 Å². The van der Waals surface area contributed by atoms with Crippen LogP contribution in [-0.4, -0.2) is 28.0 Å². The Kier molecular flexibility index (Phi) is 2.67. The third-order valence-corrected chi connectivity index (χ3v) is 3.76. The fourth-order valence-corrected chi connectivity index (χ4v) is 2.75. The molecule has 4 nitrogen and oxygen atoms in total. The smallest absolute Gasteiger partial charge is 0.138 e. The largest absolute Gasteiger partial charge is 0.381 e. The van der Waals surface area contributed by atoms with E-state index in [1.165, 1.54) is 24.5 Å². The first-order valence-corrected chi connectivity index (χ1v) is 6.34. The molecule has 1 aromatic rings. The van der Waals surface area contributed by atoms with Gasteiger partial charge in [-0.2, -0.15) is 0 Å². The second-order valence-corrected chi connectivity index (χ2v) is 5.14. The van der Waals surface area contributed by atoms with Gasteiger partial charge in [-0.15, -0.1) is 10.2 Å². The number of aromatic nitrogens is 3. The minimum atomic E-state index is 0.475. The molecule has 0 amide bonds. The fourth-order valence-electron chi connectivity index (χ4n) is 2.75. The normalized spacial score (nSPS) is 30.1. The molecule has 2 unspecified atom stereocenters. The van der Waals surface area contributed by atoms with Gasteiger partial charge < -0.3 is 9.30 Å². The first-order valence-electron chi connectivity index (χ1n) is 6.34. The lowest BCUT2D eigenvalue weighted by Gasteiger charge is -2.25. The highest BCUT2D eigenvalue weighted by atomic mass is 16.5. The van der Waals surface area contributed by atoms with Gasteiger partial charge in [0.1, 0.15) is 11.6 Å². The SMILES string of the molecule is CC1CCn2c(nnc2C2CCCOC2)C1. The maximum atomic E-state index is 5.54. The molecule has 0 aromatic carbocycles. The molecule has 3 rings (SSSR count). The summed E-state index contributed by atoms with van der Waals surface area (Å²) in [6.45, 7) is 5.12. The molecule has 0 spiro atoms. The van der Waals surface area contributed by atoms with Crippen LogP contribution in [0.15, 0.2) is 0 Å². The highest BCUT2D eigenvalue weighted by molar-refractivity contribution is 5.05. The summed E-state index contributed by atoms with van der Waals surface area (Å²) in [7, 11) is 0. The quantitative estimate of drug-likeness (QED) is 0.725. The second kappa shape index (κ2) is 4.17. The highest BCUT2D eigenvalue weighted by Crippen LogP contribution is 2.28. The Morgan fingerprint density at radius 3 is 3.06 bits per heavy atom. The van der Waals surface area contributed by atoms with Crippen molar-refractivity contribution in [3.05, 3.63) is 11.6 Å². The maximum absolute atomic E-state index is 5.54.